The molecule has 1 aliphatic heterocycles. The zero-order valence-electron chi connectivity index (χ0n) is 20.5. The highest BCUT2D eigenvalue weighted by Gasteiger charge is 2.19. The molecule has 35 heavy (non-hydrogen) atoms. The highest BCUT2D eigenvalue weighted by molar-refractivity contribution is 6.06. The molecule has 1 fully saturated rings. The molecule has 4 rings (SSSR count). The summed E-state index contributed by atoms with van der Waals surface area (Å²) in [6.45, 7) is 7.22. The van der Waals surface area contributed by atoms with Gasteiger partial charge in [0.2, 0.25) is 0 Å². The molecule has 0 unspecified atom stereocenters. The number of piperidine rings is 1. The van der Waals surface area contributed by atoms with Crippen molar-refractivity contribution in [3.63, 3.8) is 0 Å². The first-order valence-electron chi connectivity index (χ1n) is 12.4. The van der Waals surface area contributed by atoms with Gasteiger partial charge in [0, 0.05) is 35.5 Å². The Morgan fingerprint density at radius 3 is 2.03 bits per heavy atom. The van der Waals surface area contributed by atoms with E-state index >= 15 is 0 Å². The van der Waals surface area contributed by atoms with Crippen LogP contribution in [0.25, 0.3) is 5.57 Å². The summed E-state index contributed by atoms with van der Waals surface area (Å²) >= 11 is 0. The number of nitrogens with one attached hydrogen (secondary N) is 2. The number of carbonyl (C=O) groups excluding carboxylic acids is 2. The molecule has 3 aromatic carbocycles. The fourth-order valence-electron chi connectivity index (χ4n) is 4.60. The zero-order valence-corrected chi connectivity index (χ0v) is 20.5. The molecule has 0 spiro atoms. The molecule has 5 heteroatoms. The smallest absolute Gasteiger partial charge is 0.255 e. The van der Waals surface area contributed by atoms with Crippen LogP contribution in [0.3, 0.4) is 0 Å². The molecule has 2 N–H and O–H groups in total. The Bertz CT molecular complexity index is 1190. The Kier molecular flexibility index (Phi) is 8.11. The van der Waals surface area contributed by atoms with E-state index in [1.165, 1.54) is 5.57 Å². The number of hydrogen-bond acceptors (Lipinski definition) is 3. The second-order valence-electron chi connectivity index (χ2n) is 8.65. The van der Waals surface area contributed by atoms with E-state index in [0.717, 1.165) is 48.3 Å². The first-order valence-corrected chi connectivity index (χ1v) is 12.4. The molecule has 2 amide bonds. The maximum Gasteiger partial charge on any atom is 0.255 e. The number of carbonyl (C=O) groups is 2. The van der Waals surface area contributed by atoms with Gasteiger partial charge in [-0.2, -0.15) is 0 Å². The Morgan fingerprint density at radius 2 is 1.37 bits per heavy atom. The van der Waals surface area contributed by atoms with E-state index in [9.17, 15) is 9.59 Å². The average molecular weight is 468 g/mol. The molecule has 1 aliphatic rings. The van der Waals surface area contributed by atoms with Crippen LogP contribution in [-0.4, -0.2) is 42.9 Å². The predicted molar refractivity (Wildman–Crippen MR) is 143 cm³/mol. The maximum atomic E-state index is 13.0. The lowest BCUT2D eigenvalue weighted by Gasteiger charge is -2.23. The Balaban J connectivity index is 1.73. The van der Waals surface area contributed by atoms with Gasteiger partial charge < -0.3 is 15.5 Å². The van der Waals surface area contributed by atoms with E-state index in [0.29, 0.717) is 24.2 Å². The summed E-state index contributed by atoms with van der Waals surface area (Å²) in [7, 11) is 0. The van der Waals surface area contributed by atoms with Crippen molar-refractivity contribution in [3.8, 4) is 0 Å². The third kappa shape index (κ3) is 5.69. The van der Waals surface area contributed by atoms with Gasteiger partial charge in [-0.25, -0.2) is 0 Å². The number of nitrogens with zero attached hydrogens (tertiary/aromatic N) is 1. The largest absolute Gasteiger partial charge is 0.339 e. The van der Waals surface area contributed by atoms with E-state index < -0.39 is 0 Å². The third-order valence-corrected chi connectivity index (χ3v) is 6.51. The third-order valence-electron chi connectivity index (χ3n) is 6.51. The van der Waals surface area contributed by atoms with Gasteiger partial charge in [0.15, 0.2) is 0 Å². The van der Waals surface area contributed by atoms with Crippen LogP contribution in [0.2, 0.25) is 0 Å². The van der Waals surface area contributed by atoms with Crippen molar-refractivity contribution < 1.29 is 9.59 Å². The average Bonchev–Trinajstić information content (AvgIpc) is 2.92. The van der Waals surface area contributed by atoms with Crippen LogP contribution < -0.4 is 10.6 Å². The van der Waals surface area contributed by atoms with Gasteiger partial charge in [0.25, 0.3) is 11.8 Å². The molecule has 0 saturated carbocycles. The first kappa shape index (κ1) is 24.4. The molecule has 0 bridgehead atoms. The van der Waals surface area contributed by atoms with Crippen LogP contribution in [0.1, 0.15) is 58.5 Å². The lowest BCUT2D eigenvalue weighted by molar-refractivity contribution is 0.0772. The summed E-state index contributed by atoms with van der Waals surface area (Å²) in [5, 5.41) is 6.56. The quantitative estimate of drug-likeness (QED) is 0.475. The summed E-state index contributed by atoms with van der Waals surface area (Å²) < 4.78 is 0. The van der Waals surface area contributed by atoms with Crippen LogP contribution in [0.15, 0.2) is 84.4 Å². The minimum atomic E-state index is -0.132. The fourth-order valence-corrected chi connectivity index (χ4v) is 4.60. The second-order valence-corrected chi connectivity index (χ2v) is 8.65. The molecule has 5 nitrogen and oxygen atoms in total. The standard InChI is InChI=1S/C30H33N3O2/c1-3-33(4-2)30(35)25-16-14-22(15-17-25)28(23-18-20-31-21-19-23)26-12-8-9-13-27(26)32-29(34)24-10-6-5-7-11-24/h5-17,31H,3-4,18-21H2,1-2H3,(H,32,34). The van der Waals surface area contributed by atoms with E-state index in [-0.39, 0.29) is 11.8 Å². The van der Waals surface area contributed by atoms with Gasteiger partial charge in [0.1, 0.15) is 0 Å². The van der Waals surface area contributed by atoms with Crippen molar-refractivity contribution in [2.75, 3.05) is 31.5 Å². The SMILES string of the molecule is CCN(CC)C(=O)c1ccc(C(=C2CCNCC2)c2ccccc2NC(=O)c2ccccc2)cc1. The normalized spacial score (nSPS) is 13.3. The number of anilines is 1. The number of benzene rings is 3. The van der Waals surface area contributed by atoms with Crippen molar-refractivity contribution in [2.24, 2.45) is 0 Å². The lowest BCUT2D eigenvalue weighted by atomic mass is 9.87. The van der Waals surface area contributed by atoms with Crippen molar-refractivity contribution in [3.05, 3.63) is 107 Å². The Morgan fingerprint density at radius 1 is 0.771 bits per heavy atom. The Labute approximate surface area is 207 Å². The van der Waals surface area contributed by atoms with Crippen LogP contribution in [0.5, 0.6) is 0 Å². The topological polar surface area (TPSA) is 61.4 Å². The van der Waals surface area contributed by atoms with E-state index in [1.807, 2.05) is 91.5 Å². The van der Waals surface area contributed by atoms with Crippen molar-refractivity contribution in [1.82, 2.24) is 10.2 Å². The molecular weight excluding hydrogens is 434 g/mol. The number of rotatable bonds is 7. The molecule has 0 atom stereocenters. The molecule has 0 radical (unpaired) electrons. The van der Waals surface area contributed by atoms with Crippen molar-refractivity contribution in [2.45, 2.75) is 26.7 Å². The monoisotopic (exact) mass is 467 g/mol. The Hall–Kier alpha value is -3.70. The minimum Gasteiger partial charge on any atom is -0.339 e. The van der Waals surface area contributed by atoms with Crippen LogP contribution in [0.4, 0.5) is 5.69 Å². The lowest BCUT2D eigenvalue weighted by Crippen LogP contribution is -2.30. The van der Waals surface area contributed by atoms with E-state index in [4.69, 9.17) is 0 Å². The minimum absolute atomic E-state index is 0.0492. The molecule has 0 aromatic heterocycles. The summed E-state index contributed by atoms with van der Waals surface area (Å²) in [5.74, 6) is -0.0824. The first-order chi connectivity index (χ1) is 17.1. The van der Waals surface area contributed by atoms with Crippen LogP contribution in [-0.2, 0) is 0 Å². The summed E-state index contributed by atoms with van der Waals surface area (Å²) in [4.78, 5) is 27.6. The summed E-state index contributed by atoms with van der Waals surface area (Å²) in [6, 6.07) is 25.2. The van der Waals surface area contributed by atoms with E-state index in [1.54, 1.807) is 0 Å². The van der Waals surface area contributed by atoms with Crippen LogP contribution >= 0.6 is 0 Å². The van der Waals surface area contributed by atoms with Gasteiger partial charge in [-0.05, 0) is 81.2 Å². The molecule has 1 heterocycles. The van der Waals surface area contributed by atoms with Gasteiger partial charge in [-0.15, -0.1) is 0 Å². The highest BCUT2D eigenvalue weighted by Crippen LogP contribution is 2.35. The maximum absolute atomic E-state index is 13.0. The van der Waals surface area contributed by atoms with Crippen molar-refractivity contribution >= 4 is 23.1 Å². The molecule has 180 valence electrons. The van der Waals surface area contributed by atoms with Crippen LogP contribution in [0, 0.1) is 0 Å². The van der Waals surface area contributed by atoms with Crippen molar-refractivity contribution in [1.29, 1.82) is 0 Å². The van der Waals surface area contributed by atoms with Gasteiger partial charge in [-0.1, -0.05) is 54.1 Å². The number of para-hydroxylation sites is 1. The molecular formula is C30H33N3O2. The summed E-state index contributed by atoms with van der Waals surface area (Å²) in [6.07, 6.45) is 1.88. The molecule has 1 saturated heterocycles. The highest BCUT2D eigenvalue weighted by atomic mass is 16.2. The van der Waals surface area contributed by atoms with Gasteiger partial charge >= 0.3 is 0 Å². The second kappa shape index (κ2) is 11.6. The van der Waals surface area contributed by atoms with E-state index in [2.05, 4.69) is 16.7 Å². The number of hydrogen-bond donors (Lipinski definition) is 2. The molecule has 3 aromatic rings. The fraction of sp³-hybridized carbons (Fsp3) is 0.267. The summed E-state index contributed by atoms with van der Waals surface area (Å²) in [5.41, 5.74) is 6.64. The predicted octanol–water partition coefficient (Wildman–Crippen LogP) is 5.61. The zero-order chi connectivity index (χ0) is 24.6. The van der Waals surface area contributed by atoms with Gasteiger partial charge in [-0.3, -0.25) is 9.59 Å². The number of amides is 2. The molecule has 0 aliphatic carbocycles. The van der Waals surface area contributed by atoms with Gasteiger partial charge in [0.05, 0.1) is 0 Å².